The van der Waals surface area contributed by atoms with E-state index in [1.54, 1.807) is 0 Å². The number of amides is 2. The Bertz CT molecular complexity index is 918. The number of carbonyl (C=O) groups excluding carboxylic acids is 2. The molecule has 28 heavy (non-hydrogen) atoms. The van der Waals surface area contributed by atoms with Crippen LogP contribution in [-0.2, 0) is 17.9 Å². The molecule has 0 saturated carbocycles. The number of nitrogens with one attached hydrogen (secondary N) is 2. The fourth-order valence-electron chi connectivity index (χ4n) is 2.59. The average Bonchev–Trinajstić information content (AvgIpc) is 3.25. The average molecular weight is 378 g/mol. The van der Waals surface area contributed by atoms with Crippen LogP contribution in [-0.4, -0.2) is 18.4 Å². The molecule has 0 aliphatic heterocycles. The lowest BCUT2D eigenvalue weighted by Gasteiger charge is -2.09. The smallest absolute Gasteiger partial charge is 0.254 e. The number of hydrogen-bond donors (Lipinski definition) is 2. The largest absolute Gasteiger partial charge is 0.489 e. The van der Waals surface area contributed by atoms with E-state index in [1.807, 2.05) is 36.4 Å². The van der Waals surface area contributed by atoms with Gasteiger partial charge in [-0.15, -0.1) is 0 Å². The summed E-state index contributed by atoms with van der Waals surface area (Å²) in [7, 11) is 0. The van der Waals surface area contributed by atoms with Crippen LogP contribution in [0.2, 0.25) is 0 Å². The molecule has 0 aliphatic carbocycles. The normalized spacial score (nSPS) is 10.3. The molecule has 0 radical (unpaired) electrons. The fourth-order valence-corrected chi connectivity index (χ4v) is 2.59. The van der Waals surface area contributed by atoms with Gasteiger partial charge in [0.05, 0.1) is 18.4 Å². The highest BCUT2D eigenvalue weighted by molar-refractivity contribution is 5.96. The summed E-state index contributed by atoms with van der Waals surface area (Å²) in [4.78, 5) is 23.6. The van der Waals surface area contributed by atoms with E-state index in [2.05, 4.69) is 29.7 Å². The van der Waals surface area contributed by atoms with Gasteiger partial charge in [0.1, 0.15) is 18.6 Å². The van der Waals surface area contributed by atoms with Crippen LogP contribution in [0.3, 0.4) is 0 Å². The monoisotopic (exact) mass is 378 g/mol. The Balaban J connectivity index is 1.40. The minimum atomic E-state index is -0.348. The molecule has 0 atom stereocenters. The van der Waals surface area contributed by atoms with Crippen molar-refractivity contribution in [1.29, 1.82) is 0 Å². The molecule has 0 aliphatic rings. The van der Waals surface area contributed by atoms with Gasteiger partial charge in [-0.3, -0.25) is 9.59 Å². The summed E-state index contributed by atoms with van der Waals surface area (Å²) < 4.78 is 10.6. The fraction of sp³-hybridized carbons (Fsp3) is 0.182. The zero-order chi connectivity index (χ0) is 19.8. The SMILES string of the molecule is Cc1cccc(COc2ccc(CNC(=O)CNC(=O)c3ccoc3)cc2)c1. The molecule has 2 amide bonds. The van der Waals surface area contributed by atoms with Crippen LogP contribution < -0.4 is 15.4 Å². The van der Waals surface area contributed by atoms with Gasteiger partial charge in [-0.05, 0) is 36.2 Å². The standard InChI is InChI=1S/C22H22N2O4/c1-16-3-2-4-18(11-16)14-28-20-7-5-17(6-8-20)12-23-21(25)13-24-22(26)19-9-10-27-15-19/h2-11,15H,12-14H2,1H3,(H,23,25)(H,24,26). The Kier molecular flexibility index (Phi) is 6.46. The molecule has 6 heteroatoms. The van der Waals surface area contributed by atoms with E-state index in [1.165, 1.54) is 24.2 Å². The van der Waals surface area contributed by atoms with Crippen molar-refractivity contribution in [2.45, 2.75) is 20.1 Å². The van der Waals surface area contributed by atoms with Gasteiger partial charge in [0, 0.05) is 6.54 Å². The third-order valence-electron chi connectivity index (χ3n) is 4.09. The summed E-state index contributed by atoms with van der Waals surface area (Å²) in [6.45, 7) is 2.84. The second-order valence-corrected chi connectivity index (χ2v) is 6.39. The molecule has 144 valence electrons. The molecule has 1 aromatic heterocycles. The molecule has 0 unspecified atom stereocenters. The number of furan rings is 1. The van der Waals surface area contributed by atoms with Crippen LogP contribution in [0.5, 0.6) is 5.75 Å². The van der Waals surface area contributed by atoms with Crippen LogP contribution in [0, 0.1) is 6.92 Å². The van der Waals surface area contributed by atoms with Crippen LogP contribution >= 0.6 is 0 Å². The van der Waals surface area contributed by atoms with Crippen molar-refractivity contribution >= 4 is 11.8 Å². The van der Waals surface area contributed by atoms with Crippen molar-refractivity contribution in [2.24, 2.45) is 0 Å². The Morgan fingerprint density at radius 1 is 1.00 bits per heavy atom. The molecule has 0 fully saturated rings. The lowest BCUT2D eigenvalue weighted by Crippen LogP contribution is -2.36. The summed E-state index contributed by atoms with van der Waals surface area (Å²) in [5, 5.41) is 5.30. The van der Waals surface area contributed by atoms with E-state index in [-0.39, 0.29) is 18.4 Å². The number of rotatable bonds is 8. The van der Waals surface area contributed by atoms with Crippen molar-refractivity contribution in [2.75, 3.05) is 6.54 Å². The van der Waals surface area contributed by atoms with Crippen molar-refractivity contribution in [3.63, 3.8) is 0 Å². The molecule has 2 aromatic carbocycles. The summed E-state index contributed by atoms with van der Waals surface area (Å²) in [6, 6.07) is 17.3. The zero-order valence-corrected chi connectivity index (χ0v) is 15.6. The third kappa shape index (κ3) is 5.74. The number of ether oxygens (including phenoxy) is 1. The van der Waals surface area contributed by atoms with Crippen molar-refractivity contribution in [3.8, 4) is 5.75 Å². The van der Waals surface area contributed by atoms with Crippen LogP contribution in [0.15, 0.2) is 71.5 Å². The molecular formula is C22H22N2O4. The second kappa shape index (κ2) is 9.41. The summed E-state index contributed by atoms with van der Waals surface area (Å²) in [6.07, 6.45) is 2.74. The highest BCUT2D eigenvalue weighted by atomic mass is 16.5. The number of carbonyl (C=O) groups is 2. The van der Waals surface area contributed by atoms with Gasteiger partial charge in [0.15, 0.2) is 0 Å². The molecule has 0 saturated heterocycles. The van der Waals surface area contributed by atoms with E-state index < -0.39 is 0 Å². The molecular weight excluding hydrogens is 356 g/mol. The Hall–Kier alpha value is -3.54. The van der Waals surface area contributed by atoms with Crippen LogP contribution in [0.25, 0.3) is 0 Å². The maximum atomic E-state index is 11.9. The Labute approximate surface area is 163 Å². The Morgan fingerprint density at radius 3 is 2.54 bits per heavy atom. The number of aryl methyl sites for hydroxylation is 1. The van der Waals surface area contributed by atoms with Gasteiger partial charge < -0.3 is 19.8 Å². The first kappa shape index (κ1) is 19.2. The molecule has 0 bridgehead atoms. The summed E-state index contributed by atoms with van der Waals surface area (Å²) in [5.74, 6) is 0.152. The van der Waals surface area contributed by atoms with Gasteiger partial charge >= 0.3 is 0 Å². The first-order chi connectivity index (χ1) is 13.6. The zero-order valence-electron chi connectivity index (χ0n) is 15.6. The van der Waals surface area contributed by atoms with Crippen molar-refractivity contribution in [1.82, 2.24) is 10.6 Å². The number of benzene rings is 2. The molecule has 0 spiro atoms. The summed E-state index contributed by atoms with van der Waals surface area (Å²) >= 11 is 0. The maximum Gasteiger partial charge on any atom is 0.254 e. The Morgan fingerprint density at radius 2 is 1.82 bits per heavy atom. The lowest BCUT2D eigenvalue weighted by atomic mass is 10.1. The predicted molar refractivity (Wildman–Crippen MR) is 105 cm³/mol. The van der Waals surface area contributed by atoms with Crippen molar-refractivity contribution in [3.05, 3.63) is 89.4 Å². The molecule has 1 heterocycles. The lowest BCUT2D eigenvalue weighted by molar-refractivity contribution is -0.120. The second-order valence-electron chi connectivity index (χ2n) is 6.39. The van der Waals surface area contributed by atoms with E-state index in [9.17, 15) is 9.59 Å². The van der Waals surface area contributed by atoms with Gasteiger partial charge in [0.2, 0.25) is 5.91 Å². The molecule has 6 nitrogen and oxygen atoms in total. The summed E-state index contributed by atoms with van der Waals surface area (Å²) in [5.41, 5.74) is 3.65. The van der Waals surface area contributed by atoms with Gasteiger partial charge in [0.25, 0.3) is 5.91 Å². The predicted octanol–water partition coefficient (Wildman–Crippen LogP) is 3.21. The first-order valence-corrected chi connectivity index (χ1v) is 8.94. The minimum absolute atomic E-state index is 0.0955. The van der Waals surface area contributed by atoms with E-state index in [0.29, 0.717) is 18.7 Å². The van der Waals surface area contributed by atoms with Gasteiger partial charge in [-0.25, -0.2) is 0 Å². The van der Waals surface area contributed by atoms with E-state index in [4.69, 9.17) is 9.15 Å². The quantitative estimate of drug-likeness (QED) is 0.631. The van der Waals surface area contributed by atoms with Crippen molar-refractivity contribution < 1.29 is 18.7 Å². The van der Waals surface area contributed by atoms with Crippen LogP contribution in [0.4, 0.5) is 0 Å². The topological polar surface area (TPSA) is 80.6 Å². The van der Waals surface area contributed by atoms with E-state index in [0.717, 1.165) is 16.9 Å². The molecule has 3 rings (SSSR count). The van der Waals surface area contributed by atoms with E-state index >= 15 is 0 Å². The third-order valence-corrected chi connectivity index (χ3v) is 4.09. The minimum Gasteiger partial charge on any atom is -0.489 e. The highest BCUT2D eigenvalue weighted by Crippen LogP contribution is 2.14. The van der Waals surface area contributed by atoms with Gasteiger partial charge in [-0.1, -0.05) is 42.0 Å². The number of hydrogen-bond acceptors (Lipinski definition) is 4. The molecule has 2 N–H and O–H groups in total. The van der Waals surface area contributed by atoms with Gasteiger partial charge in [-0.2, -0.15) is 0 Å². The van der Waals surface area contributed by atoms with Crippen LogP contribution in [0.1, 0.15) is 27.0 Å². The molecule has 3 aromatic rings. The maximum absolute atomic E-state index is 11.9. The first-order valence-electron chi connectivity index (χ1n) is 8.94. The highest BCUT2D eigenvalue weighted by Gasteiger charge is 2.08.